The number of piperidine rings is 1. The number of fused-ring (bicyclic) bond motifs is 4. The van der Waals surface area contributed by atoms with Crippen LogP contribution in [0.5, 0.6) is 0 Å². The Labute approximate surface area is 155 Å². The zero-order valence-electron chi connectivity index (χ0n) is 14.9. The van der Waals surface area contributed by atoms with Crippen LogP contribution in [-0.4, -0.2) is 45.6 Å². The summed E-state index contributed by atoms with van der Waals surface area (Å²) < 4.78 is 11.4. The Morgan fingerprint density at radius 3 is 2.89 bits per heavy atom. The lowest BCUT2D eigenvalue weighted by atomic mass is 9.83. The van der Waals surface area contributed by atoms with E-state index in [1.54, 1.807) is 0 Å². The van der Waals surface area contributed by atoms with E-state index in [-0.39, 0.29) is 11.4 Å². The number of H-pyrrole nitrogens is 1. The summed E-state index contributed by atoms with van der Waals surface area (Å²) in [7, 11) is 0. The molecule has 140 valence electrons. The lowest BCUT2D eigenvalue weighted by Gasteiger charge is -2.43. The van der Waals surface area contributed by atoms with E-state index in [0.29, 0.717) is 12.4 Å². The van der Waals surface area contributed by atoms with Crippen LogP contribution in [0.1, 0.15) is 40.6 Å². The van der Waals surface area contributed by atoms with Crippen LogP contribution < -0.4 is 5.73 Å². The molecule has 1 fully saturated rings. The largest absolute Gasteiger partial charge is 0.368 e. The zero-order chi connectivity index (χ0) is 18.4. The molecule has 1 aromatic carbocycles. The molecule has 0 aliphatic carbocycles. The van der Waals surface area contributed by atoms with E-state index >= 15 is 0 Å². The smallest absolute Gasteiger partial charge is 0.290 e. The van der Waals surface area contributed by atoms with E-state index in [0.717, 1.165) is 39.0 Å². The molecular formula is C19H21N5O3. The number of aromatic nitrogens is 3. The predicted molar refractivity (Wildman–Crippen MR) is 97.0 cm³/mol. The lowest BCUT2D eigenvalue weighted by Crippen LogP contribution is -2.46. The van der Waals surface area contributed by atoms with Crippen LogP contribution in [0.4, 0.5) is 0 Å². The van der Waals surface area contributed by atoms with Gasteiger partial charge in [0, 0.05) is 24.0 Å². The third-order valence-corrected chi connectivity index (χ3v) is 5.71. The van der Waals surface area contributed by atoms with Gasteiger partial charge >= 0.3 is 0 Å². The number of primary amides is 1. The maximum Gasteiger partial charge on any atom is 0.290 e. The van der Waals surface area contributed by atoms with E-state index in [9.17, 15) is 4.79 Å². The first-order valence-electron chi connectivity index (χ1n) is 9.23. The average molecular weight is 367 g/mol. The van der Waals surface area contributed by atoms with Gasteiger partial charge in [-0.05, 0) is 30.9 Å². The fourth-order valence-electron chi connectivity index (χ4n) is 4.35. The van der Waals surface area contributed by atoms with Crippen molar-refractivity contribution in [3.63, 3.8) is 0 Å². The number of carbonyl (C=O) groups excluding carboxylic acids is 1. The van der Waals surface area contributed by atoms with Crippen molar-refractivity contribution in [2.24, 2.45) is 5.73 Å². The number of aromatic amines is 1. The van der Waals surface area contributed by atoms with Gasteiger partial charge in [-0.2, -0.15) is 4.98 Å². The Hall–Kier alpha value is -2.71. The van der Waals surface area contributed by atoms with Crippen molar-refractivity contribution in [1.29, 1.82) is 0 Å². The van der Waals surface area contributed by atoms with E-state index in [1.165, 1.54) is 22.2 Å². The first-order chi connectivity index (χ1) is 13.1. The van der Waals surface area contributed by atoms with Gasteiger partial charge in [0.1, 0.15) is 5.60 Å². The molecule has 0 unspecified atom stereocenters. The quantitative estimate of drug-likeness (QED) is 0.729. The van der Waals surface area contributed by atoms with Crippen LogP contribution in [0.3, 0.4) is 0 Å². The summed E-state index contributed by atoms with van der Waals surface area (Å²) >= 11 is 0. The van der Waals surface area contributed by atoms with Crippen LogP contribution in [-0.2, 0) is 23.3 Å². The number of benzene rings is 1. The molecule has 8 nitrogen and oxygen atoms in total. The highest BCUT2D eigenvalue weighted by Crippen LogP contribution is 2.43. The highest BCUT2D eigenvalue weighted by Gasteiger charge is 2.42. The van der Waals surface area contributed by atoms with Gasteiger partial charge in [-0.3, -0.25) is 9.69 Å². The summed E-state index contributed by atoms with van der Waals surface area (Å²) in [4.78, 5) is 21.0. The van der Waals surface area contributed by atoms with Crippen LogP contribution >= 0.6 is 0 Å². The van der Waals surface area contributed by atoms with E-state index in [2.05, 4.69) is 44.3 Å². The van der Waals surface area contributed by atoms with Crippen molar-refractivity contribution < 1.29 is 14.1 Å². The molecule has 1 spiro atoms. The van der Waals surface area contributed by atoms with Crippen molar-refractivity contribution in [3.8, 4) is 0 Å². The molecule has 0 bridgehead atoms. The second-order valence-electron chi connectivity index (χ2n) is 7.27. The molecule has 3 N–H and O–H groups in total. The monoisotopic (exact) mass is 367 g/mol. The molecule has 2 aliphatic rings. The Morgan fingerprint density at radius 1 is 1.30 bits per heavy atom. The van der Waals surface area contributed by atoms with Gasteiger partial charge in [0.2, 0.25) is 5.89 Å². The molecule has 5 rings (SSSR count). The fourth-order valence-corrected chi connectivity index (χ4v) is 4.35. The maximum atomic E-state index is 11.1. The minimum absolute atomic E-state index is 0.0724. The minimum Gasteiger partial charge on any atom is -0.368 e. The van der Waals surface area contributed by atoms with Crippen LogP contribution in [0, 0.1) is 0 Å². The molecule has 0 saturated carbocycles. The number of rotatable bonds is 3. The Balaban J connectivity index is 1.35. The summed E-state index contributed by atoms with van der Waals surface area (Å²) in [5, 5.41) is 4.91. The average Bonchev–Trinajstić information content (AvgIpc) is 3.30. The van der Waals surface area contributed by atoms with Crippen molar-refractivity contribution in [3.05, 3.63) is 47.2 Å². The number of ether oxygens (including phenoxy) is 1. The Bertz CT molecular complexity index is 1000. The van der Waals surface area contributed by atoms with Gasteiger partial charge in [0.25, 0.3) is 11.7 Å². The zero-order valence-corrected chi connectivity index (χ0v) is 14.9. The normalized spacial score (nSPS) is 19.4. The molecular weight excluding hydrogens is 346 g/mol. The second kappa shape index (κ2) is 6.17. The number of para-hydroxylation sites is 1. The minimum atomic E-state index is -0.676. The molecule has 4 heterocycles. The van der Waals surface area contributed by atoms with Crippen molar-refractivity contribution >= 4 is 16.8 Å². The molecule has 3 aromatic rings. The summed E-state index contributed by atoms with van der Waals surface area (Å²) in [6, 6.07) is 8.46. The third kappa shape index (κ3) is 2.72. The van der Waals surface area contributed by atoms with Gasteiger partial charge in [-0.15, -0.1) is 0 Å². The van der Waals surface area contributed by atoms with E-state index < -0.39 is 5.91 Å². The summed E-state index contributed by atoms with van der Waals surface area (Å²) in [5.41, 5.74) is 8.74. The first-order valence-corrected chi connectivity index (χ1v) is 9.23. The van der Waals surface area contributed by atoms with E-state index in [4.69, 9.17) is 15.0 Å². The number of carbonyl (C=O) groups is 1. The summed E-state index contributed by atoms with van der Waals surface area (Å²) in [6.45, 7) is 2.96. The lowest BCUT2D eigenvalue weighted by molar-refractivity contribution is -0.102. The molecule has 1 amide bonds. The highest BCUT2D eigenvalue weighted by atomic mass is 16.5. The van der Waals surface area contributed by atoms with Crippen LogP contribution in [0.15, 0.2) is 28.8 Å². The number of nitrogens with two attached hydrogens (primary N) is 1. The number of nitrogens with one attached hydrogen (secondary N) is 1. The second-order valence-corrected chi connectivity index (χ2v) is 7.27. The molecule has 0 atom stereocenters. The summed E-state index contributed by atoms with van der Waals surface area (Å²) in [5.74, 6) is -0.336. The van der Waals surface area contributed by atoms with Crippen molar-refractivity contribution in [2.75, 3.05) is 19.7 Å². The fraction of sp³-hybridized carbons (Fsp3) is 0.421. The van der Waals surface area contributed by atoms with Crippen LogP contribution in [0.2, 0.25) is 0 Å². The molecule has 0 radical (unpaired) electrons. The molecule has 2 aliphatic heterocycles. The number of nitrogens with zero attached hydrogens (tertiary/aromatic N) is 3. The van der Waals surface area contributed by atoms with Gasteiger partial charge in [0.05, 0.1) is 18.8 Å². The Kier molecular flexibility index (Phi) is 3.76. The van der Waals surface area contributed by atoms with Crippen molar-refractivity contribution in [2.45, 2.75) is 31.4 Å². The number of hydrogen-bond acceptors (Lipinski definition) is 6. The highest BCUT2D eigenvalue weighted by molar-refractivity contribution is 5.88. The van der Waals surface area contributed by atoms with Gasteiger partial charge in [-0.25, -0.2) is 0 Å². The third-order valence-electron chi connectivity index (χ3n) is 5.71. The van der Waals surface area contributed by atoms with Gasteiger partial charge in [-0.1, -0.05) is 23.4 Å². The molecule has 8 heteroatoms. The molecule has 1 saturated heterocycles. The Morgan fingerprint density at radius 2 is 2.11 bits per heavy atom. The topological polar surface area (TPSA) is 110 Å². The number of amides is 1. The van der Waals surface area contributed by atoms with Gasteiger partial charge in [0.15, 0.2) is 0 Å². The maximum absolute atomic E-state index is 11.1. The van der Waals surface area contributed by atoms with Gasteiger partial charge < -0.3 is 20.0 Å². The van der Waals surface area contributed by atoms with Crippen LogP contribution in [0.25, 0.3) is 10.9 Å². The summed E-state index contributed by atoms with van der Waals surface area (Å²) in [6.07, 6.45) is 2.73. The predicted octanol–water partition coefficient (Wildman–Crippen LogP) is 1.71. The first kappa shape index (κ1) is 16.5. The number of likely N-dealkylation sites (tertiary alicyclic amines) is 1. The SMILES string of the molecule is NC(=O)c1noc(CN2CCC3(CC2)OCCc2c3[nH]c3ccccc23)n1. The standard InChI is InChI=1S/C19H21N5O3/c20-17(25)18-22-15(27-23-18)11-24-8-6-19(7-9-24)16-13(5-10-26-19)12-3-1-2-4-14(12)21-16/h1-4,21H,5-11H2,(H2,20,25). The number of hydrogen-bond donors (Lipinski definition) is 2. The molecule has 2 aromatic heterocycles. The van der Waals surface area contributed by atoms with Crippen molar-refractivity contribution in [1.82, 2.24) is 20.0 Å². The van der Waals surface area contributed by atoms with E-state index in [1.807, 2.05) is 0 Å². The molecule has 27 heavy (non-hydrogen) atoms.